The predicted molar refractivity (Wildman–Crippen MR) is 155 cm³/mol. The van der Waals surface area contributed by atoms with Gasteiger partial charge in [0.15, 0.2) is 5.78 Å². The van der Waals surface area contributed by atoms with E-state index < -0.39 is 5.91 Å². The van der Waals surface area contributed by atoms with Crippen LogP contribution in [-0.4, -0.2) is 58.9 Å². The fourth-order valence-corrected chi connectivity index (χ4v) is 5.50. The van der Waals surface area contributed by atoms with Gasteiger partial charge in [-0.2, -0.15) is 0 Å². The number of thiophene rings is 1. The summed E-state index contributed by atoms with van der Waals surface area (Å²) < 4.78 is 0. The van der Waals surface area contributed by atoms with E-state index >= 15 is 0 Å². The van der Waals surface area contributed by atoms with Crippen LogP contribution in [0.3, 0.4) is 0 Å². The number of hydrogen-bond acceptors (Lipinski definition) is 6. The van der Waals surface area contributed by atoms with Gasteiger partial charge < -0.3 is 20.0 Å². The lowest BCUT2D eigenvalue weighted by atomic mass is 9.94. The van der Waals surface area contributed by atoms with Crippen molar-refractivity contribution in [2.24, 2.45) is 0 Å². The van der Waals surface area contributed by atoms with Crippen molar-refractivity contribution in [3.8, 4) is 11.5 Å². The van der Waals surface area contributed by atoms with E-state index in [2.05, 4.69) is 44.0 Å². The van der Waals surface area contributed by atoms with E-state index in [-0.39, 0.29) is 34.8 Å². The molecule has 0 saturated heterocycles. The highest BCUT2D eigenvalue weighted by Crippen LogP contribution is 2.30. The Hall–Kier alpha value is -3.16. The first-order chi connectivity index (χ1) is 18.1. The van der Waals surface area contributed by atoms with Gasteiger partial charge in [-0.3, -0.25) is 9.59 Å². The van der Waals surface area contributed by atoms with Crippen molar-refractivity contribution >= 4 is 23.0 Å². The minimum Gasteiger partial charge on any atom is -0.507 e. The number of ketones is 1. The Labute approximate surface area is 230 Å². The first-order valence-corrected chi connectivity index (χ1v) is 14.1. The molecule has 0 atom stereocenters. The fraction of sp³-hybridized carbons (Fsp3) is 0.419. The van der Waals surface area contributed by atoms with Crippen molar-refractivity contribution in [2.75, 3.05) is 27.2 Å². The second-order valence-corrected chi connectivity index (χ2v) is 11.3. The van der Waals surface area contributed by atoms with Crippen molar-refractivity contribution in [2.45, 2.75) is 59.4 Å². The Kier molecular flexibility index (Phi) is 10.5. The number of benzene rings is 2. The molecule has 0 aliphatic heterocycles. The molecule has 1 aromatic heterocycles. The molecule has 0 bridgehead atoms. The van der Waals surface area contributed by atoms with Gasteiger partial charge in [0.25, 0.3) is 5.91 Å². The lowest BCUT2D eigenvalue weighted by Gasteiger charge is -2.18. The van der Waals surface area contributed by atoms with E-state index in [9.17, 15) is 19.8 Å². The topological polar surface area (TPSA) is 81.1 Å². The number of carbonyl (C=O) groups excluding carboxylic acids is 2. The Morgan fingerprint density at radius 2 is 1.63 bits per heavy atom. The lowest BCUT2D eigenvalue weighted by molar-refractivity contribution is 0.0783. The normalized spacial score (nSPS) is 11.2. The smallest absolute Gasteiger partial charge is 0.257 e. The van der Waals surface area contributed by atoms with Crippen LogP contribution < -0.4 is 0 Å². The van der Waals surface area contributed by atoms with Crippen LogP contribution in [0.15, 0.2) is 42.5 Å². The van der Waals surface area contributed by atoms with Gasteiger partial charge in [0.05, 0.1) is 17.7 Å². The summed E-state index contributed by atoms with van der Waals surface area (Å²) in [5.41, 5.74) is 3.73. The molecule has 3 aromatic rings. The third kappa shape index (κ3) is 7.68. The fourth-order valence-electron chi connectivity index (χ4n) is 4.56. The molecule has 3 rings (SSSR count). The molecule has 0 spiro atoms. The molecule has 204 valence electrons. The molecule has 2 N–H and O–H groups in total. The maximum Gasteiger partial charge on any atom is 0.257 e. The molecule has 0 aliphatic carbocycles. The molecule has 0 fully saturated rings. The van der Waals surface area contributed by atoms with E-state index in [4.69, 9.17) is 0 Å². The Morgan fingerprint density at radius 3 is 2.29 bits per heavy atom. The number of carbonyl (C=O) groups is 2. The number of hydrogen-bond donors (Lipinski definition) is 2. The predicted octanol–water partition coefficient (Wildman–Crippen LogP) is 6.00. The summed E-state index contributed by atoms with van der Waals surface area (Å²) in [6, 6.07) is 12.9. The van der Waals surface area contributed by atoms with Crippen molar-refractivity contribution in [3.63, 3.8) is 0 Å². The number of Topliss-reactive ketones (excluding diaryl/α,β-unsaturated/α-hetero) is 1. The van der Waals surface area contributed by atoms with Crippen LogP contribution >= 0.6 is 11.3 Å². The zero-order chi connectivity index (χ0) is 27.8. The van der Waals surface area contributed by atoms with Crippen LogP contribution in [-0.2, 0) is 25.8 Å². The summed E-state index contributed by atoms with van der Waals surface area (Å²) in [7, 11) is 3.79. The minimum absolute atomic E-state index is 0.00856. The van der Waals surface area contributed by atoms with E-state index in [1.54, 1.807) is 18.4 Å². The van der Waals surface area contributed by atoms with Crippen molar-refractivity contribution in [1.29, 1.82) is 0 Å². The Morgan fingerprint density at radius 1 is 0.895 bits per heavy atom. The summed E-state index contributed by atoms with van der Waals surface area (Å²) in [5.74, 6) is -1.32. The molecule has 6 nitrogen and oxygen atoms in total. The van der Waals surface area contributed by atoms with Crippen LogP contribution in [0, 0.1) is 6.92 Å². The molecule has 1 amide bonds. The monoisotopic (exact) mass is 536 g/mol. The number of rotatable bonds is 13. The highest BCUT2D eigenvalue weighted by Gasteiger charge is 2.22. The zero-order valence-corrected chi connectivity index (χ0v) is 24.0. The summed E-state index contributed by atoms with van der Waals surface area (Å²) in [5, 5.41) is 20.8. The van der Waals surface area contributed by atoms with E-state index in [0.717, 1.165) is 53.7 Å². The standard InChI is InChI=1S/C31H40N2O4S/c1-6-23-17-22(9-8-16-32(4)7-2)11-12-24(23)13-15-28(34)26-18-27(30(36)19-29(26)35)31(37)33(5)20-25-14-10-21(3)38-25/h10-12,14,17-19,35-36H,6-9,13,15-16,20H2,1-5H3. The summed E-state index contributed by atoms with van der Waals surface area (Å²) in [6.07, 6.45) is 3.75. The Bertz CT molecular complexity index is 1270. The number of phenols is 2. The Balaban J connectivity index is 1.69. The van der Waals surface area contributed by atoms with Gasteiger partial charge >= 0.3 is 0 Å². The first kappa shape index (κ1) is 29.4. The molecule has 1 heterocycles. The maximum absolute atomic E-state index is 13.1. The van der Waals surface area contributed by atoms with E-state index in [1.807, 2.05) is 19.1 Å². The average molecular weight is 537 g/mol. The molecular weight excluding hydrogens is 496 g/mol. The first-order valence-electron chi connectivity index (χ1n) is 13.3. The lowest BCUT2D eigenvalue weighted by Crippen LogP contribution is -2.26. The van der Waals surface area contributed by atoms with Crippen molar-refractivity contribution < 1.29 is 19.8 Å². The van der Waals surface area contributed by atoms with Crippen LogP contribution in [0.1, 0.15) is 73.8 Å². The average Bonchev–Trinajstić information content (AvgIpc) is 3.31. The van der Waals surface area contributed by atoms with Crippen LogP contribution in [0.25, 0.3) is 0 Å². The second-order valence-electron chi connectivity index (χ2n) is 9.94. The minimum atomic E-state index is -0.406. The van der Waals surface area contributed by atoms with Crippen LogP contribution in [0.2, 0.25) is 0 Å². The van der Waals surface area contributed by atoms with E-state index in [0.29, 0.717) is 13.0 Å². The van der Waals surface area contributed by atoms with Crippen LogP contribution in [0.5, 0.6) is 11.5 Å². The largest absolute Gasteiger partial charge is 0.507 e. The molecular formula is C31H40N2O4S. The molecule has 0 saturated carbocycles. The molecule has 0 aliphatic rings. The molecule has 2 aromatic carbocycles. The summed E-state index contributed by atoms with van der Waals surface area (Å²) >= 11 is 1.60. The number of amides is 1. The van der Waals surface area contributed by atoms with Gasteiger partial charge in [0, 0.05) is 29.3 Å². The molecule has 0 radical (unpaired) electrons. The third-order valence-electron chi connectivity index (χ3n) is 7.00. The van der Waals surface area contributed by atoms with Gasteiger partial charge in [-0.1, -0.05) is 32.0 Å². The number of phenolic OH excluding ortho intramolecular Hbond substituents is 2. The third-order valence-corrected chi connectivity index (χ3v) is 7.98. The highest BCUT2D eigenvalue weighted by atomic mass is 32.1. The number of aromatic hydroxyl groups is 2. The quantitative estimate of drug-likeness (QED) is 0.262. The SMILES string of the molecule is CCc1cc(CCCN(C)CC)ccc1CCC(=O)c1cc(C(=O)N(C)Cc2ccc(C)s2)c(O)cc1O. The molecule has 38 heavy (non-hydrogen) atoms. The van der Waals surface area contributed by atoms with Gasteiger partial charge in [-0.15, -0.1) is 11.3 Å². The summed E-state index contributed by atoms with van der Waals surface area (Å²) in [6.45, 7) is 8.79. The molecule has 7 heteroatoms. The summed E-state index contributed by atoms with van der Waals surface area (Å²) in [4.78, 5) is 32.2. The second kappa shape index (κ2) is 13.6. The van der Waals surface area contributed by atoms with Gasteiger partial charge in [0.2, 0.25) is 0 Å². The number of aryl methyl sites for hydroxylation is 4. The van der Waals surface area contributed by atoms with Gasteiger partial charge in [-0.05, 0) is 87.6 Å². The van der Waals surface area contributed by atoms with Crippen molar-refractivity contribution in [1.82, 2.24) is 9.80 Å². The number of nitrogens with zero attached hydrogens (tertiary/aromatic N) is 2. The van der Waals surface area contributed by atoms with E-state index in [1.165, 1.54) is 22.1 Å². The maximum atomic E-state index is 13.1. The highest BCUT2D eigenvalue weighted by molar-refractivity contribution is 7.11. The van der Waals surface area contributed by atoms with Gasteiger partial charge in [-0.25, -0.2) is 0 Å². The molecule has 0 unspecified atom stereocenters. The van der Waals surface area contributed by atoms with Gasteiger partial charge in [0.1, 0.15) is 11.5 Å². The zero-order valence-electron chi connectivity index (χ0n) is 23.2. The van der Waals surface area contributed by atoms with Crippen LogP contribution in [0.4, 0.5) is 0 Å². The van der Waals surface area contributed by atoms with Crippen molar-refractivity contribution in [3.05, 3.63) is 80.0 Å².